The van der Waals surface area contributed by atoms with Crippen LogP contribution in [0.1, 0.15) is 16.7 Å². The van der Waals surface area contributed by atoms with Crippen molar-refractivity contribution in [1.29, 1.82) is 0 Å². The first-order chi connectivity index (χ1) is 9.74. The van der Waals surface area contributed by atoms with Crippen molar-refractivity contribution in [1.82, 2.24) is 4.98 Å². The summed E-state index contributed by atoms with van der Waals surface area (Å²) in [5.41, 5.74) is 4.06. The van der Waals surface area contributed by atoms with Crippen LogP contribution in [0.15, 0.2) is 53.5 Å². The molecule has 0 aliphatic rings. The maximum atomic E-state index is 9.93. The molecule has 2 N–H and O–H groups in total. The fraction of sp³-hybridized carbons (Fsp3) is 0.118. The number of benzene rings is 2. The molecule has 0 saturated carbocycles. The lowest BCUT2D eigenvalue weighted by atomic mass is 10.1. The summed E-state index contributed by atoms with van der Waals surface area (Å²) in [6.45, 7) is 2.68. The fourth-order valence-corrected chi connectivity index (χ4v) is 2.33. The number of fused-ring (bicyclic) bond motifs is 1. The molecule has 20 heavy (non-hydrogen) atoms. The molecule has 2 aromatic carbocycles. The second kappa shape index (κ2) is 5.21. The molecule has 0 aliphatic carbocycles. The Labute approximate surface area is 117 Å². The topological polar surface area (TPSA) is 48.4 Å². The van der Waals surface area contributed by atoms with Crippen LogP contribution < -0.4 is 0 Å². The molecule has 1 heterocycles. The Morgan fingerprint density at radius 3 is 2.85 bits per heavy atom. The first kappa shape index (κ1) is 12.5. The van der Waals surface area contributed by atoms with E-state index in [-0.39, 0.29) is 5.88 Å². The van der Waals surface area contributed by atoms with Crippen LogP contribution in [0.5, 0.6) is 5.88 Å². The van der Waals surface area contributed by atoms with Gasteiger partial charge in [0.1, 0.15) is 0 Å². The fourth-order valence-electron chi connectivity index (χ4n) is 2.33. The predicted octanol–water partition coefficient (Wildman–Crippen LogP) is 3.80. The van der Waals surface area contributed by atoms with Crippen molar-refractivity contribution in [2.45, 2.75) is 13.5 Å². The van der Waals surface area contributed by atoms with Crippen LogP contribution in [0, 0.1) is 6.92 Å². The van der Waals surface area contributed by atoms with Gasteiger partial charge in [0, 0.05) is 17.1 Å². The minimum atomic E-state index is 0.166. The highest BCUT2D eigenvalue weighted by atomic mass is 16.3. The smallest absolute Gasteiger partial charge is 0.198 e. The minimum Gasteiger partial charge on any atom is -0.494 e. The van der Waals surface area contributed by atoms with Crippen LogP contribution >= 0.6 is 0 Å². The molecule has 0 unspecified atom stereocenters. The zero-order chi connectivity index (χ0) is 13.9. The van der Waals surface area contributed by atoms with Gasteiger partial charge in [-0.05, 0) is 18.6 Å². The van der Waals surface area contributed by atoms with Crippen molar-refractivity contribution in [3.63, 3.8) is 0 Å². The number of hydrogen-bond acceptors (Lipinski definition) is 2. The average Bonchev–Trinajstić information content (AvgIpc) is 2.75. The molecule has 0 aliphatic heterocycles. The number of aromatic amines is 1. The Morgan fingerprint density at radius 2 is 2.00 bits per heavy atom. The number of nitrogens with one attached hydrogen (secondary N) is 1. The number of hydrogen-bond donors (Lipinski definition) is 2. The number of aliphatic imine (C=N–C) groups is 1. The van der Waals surface area contributed by atoms with Crippen molar-refractivity contribution in [3.8, 4) is 5.88 Å². The zero-order valence-electron chi connectivity index (χ0n) is 11.3. The number of rotatable bonds is 3. The quantitative estimate of drug-likeness (QED) is 0.694. The molecule has 3 heteroatoms. The third-order valence-electron chi connectivity index (χ3n) is 3.30. The minimum absolute atomic E-state index is 0.166. The van der Waals surface area contributed by atoms with E-state index in [0.29, 0.717) is 6.54 Å². The molecule has 3 rings (SSSR count). The van der Waals surface area contributed by atoms with E-state index in [1.807, 2.05) is 30.3 Å². The average molecular weight is 264 g/mol. The monoisotopic (exact) mass is 264 g/mol. The van der Waals surface area contributed by atoms with E-state index in [9.17, 15) is 5.11 Å². The van der Waals surface area contributed by atoms with Crippen LogP contribution in [0.25, 0.3) is 10.9 Å². The van der Waals surface area contributed by atoms with Crippen molar-refractivity contribution in [3.05, 3.63) is 65.2 Å². The van der Waals surface area contributed by atoms with Gasteiger partial charge in [0.05, 0.1) is 12.1 Å². The van der Waals surface area contributed by atoms with Gasteiger partial charge in [0.2, 0.25) is 0 Å². The van der Waals surface area contributed by atoms with Crippen molar-refractivity contribution in [2.24, 2.45) is 4.99 Å². The third kappa shape index (κ3) is 2.43. The summed E-state index contributed by atoms with van der Waals surface area (Å²) in [5.74, 6) is 0.166. The summed E-state index contributed by atoms with van der Waals surface area (Å²) >= 11 is 0. The largest absolute Gasteiger partial charge is 0.494 e. The van der Waals surface area contributed by atoms with Gasteiger partial charge in [-0.2, -0.15) is 0 Å². The highest BCUT2D eigenvalue weighted by Gasteiger charge is 2.07. The second-order valence-corrected chi connectivity index (χ2v) is 4.89. The SMILES string of the molecule is Cc1cccc(CN=Cc2c(O)[nH]c3ccccc23)c1. The molecule has 0 amide bonds. The van der Waals surface area contributed by atoms with Crippen molar-refractivity contribution < 1.29 is 5.11 Å². The summed E-state index contributed by atoms with van der Waals surface area (Å²) in [6.07, 6.45) is 1.73. The Bertz CT molecular complexity index is 772. The Morgan fingerprint density at radius 1 is 1.15 bits per heavy atom. The molecular weight excluding hydrogens is 248 g/mol. The Hall–Kier alpha value is -2.55. The Kier molecular flexibility index (Phi) is 3.25. The zero-order valence-corrected chi connectivity index (χ0v) is 11.3. The molecule has 1 aromatic heterocycles. The second-order valence-electron chi connectivity index (χ2n) is 4.89. The van der Waals surface area contributed by atoms with Crippen LogP contribution in [-0.2, 0) is 6.54 Å². The maximum Gasteiger partial charge on any atom is 0.198 e. The van der Waals surface area contributed by atoms with Gasteiger partial charge >= 0.3 is 0 Å². The molecule has 0 saturated heterocycles. The molecule has 100 valence electrons. The van der Waals surface area contributed by atoms with Gasteiger partial charge < -0.3 is 10.1 Å². The van der Waals surface area contributed by atoms with E-state index < -0.39 is 0 Å². The molecule has 0 bridgehead atoms. The van der Waals surface area contributed by atoms with Gasteiger partial charge in [-0.1, -0.05) is 48.0 Å². The van der Waals surface area contributed by atoms with Crippen molar-refractivity contribution >= 4 is 17.1 Å². The summed E-state index contributed by atoms with van der Waals surface area (Å²) in [5, 5.41) is 10.9. The van der Waals surface area contributed by atoms with Gasteiger partial charge in [0.15, 0.2) is 5.88 Å². The van der Waals surface area contributed by atoms with E-state index >= 15 is 0 Å². The van der Waals surface area contributed by atoms with Gasteiger partial charge in [-0.15, -0.1) is 0 Å². The maximum absolute atomic E-state index is 9.93. The number of H-pyrrole nitrogens is 1. The number of aromatic nitrogens is 1. The Balaban J connectivity index is 1.86. The van der Waals surface area contributed by atoms with Gasteiger partial charge in [-0.3, -0.25) is 4.99 Å². The molecule has 0 spiro atoms. The van der Waals surface area contributed by atoms with Crippen LogP contribution in [0.3, 0.4) is 0 Å². The van der Waals surface area contributed by atoms with Gasteiger partial charge in [-0.25, -0.2) is 0 Å². The van der Waals surface area contributed by atoms with Crippen LogP contribution in [0.4, 0.5) is 0 Å². The highest BCUT2D eigenvalue weighted by molar-refractivity contribution is 6.01. The predicted molar refractivity (Wildman–Crippen MR) is 82.4 cm³/mol. The molecule has 3 nitrogen and oxygen atoms in total. The standard InChI is InChI=1S/C17H16N2O/c1-12-5-4-6-13(9-12)10-18-11-15-14-7-2-3-8-16(14)19-17(15)20/h2-9,11,19-20H,10H2,1H3. The summed E-state index contributed by atoms with van der Waals surface area (Å²) in [4.78, 5) is 7.38. The summed E-state index contributed by atoms with van der Waals surface area (Å²) in [7, 11) is 0. The lowest BCUT2D eigenvalue weighted by molar-refractivity contribution is 0.457. The van der Waals surface area contributed by atoms with Crippen molar-refractivity contribution in [2.75, 3.05) is 0 Å². The lowest BCUT2D eigenvalue weighted by Gasteiger charge is -1.98. The lowest BCUT2D eigenvalue weighted by Crippen LogP contribution is -1.85. The third-order valence-corrected chi connectivity index (χ3v) is 3.30. The number of aryl methyl sites for hydroxylation is 1. The first-order valence-corrected chi connectivity index (χ1v) is 6.59. The van der Waals surface area contributed by atoms with E-state index in [4.69, 9.17) is 0 Å². The van der Waals surface area contributed by atoms with E-state index in [1.54, 1.807) is 6.21 Å². The van der Waals surface area contributed by atoms with E-state index in [0.717, 1.165) is 16.5 Å². The van der Waals surface area contributed by atoms with E-state index in [2.05, 4.69) is 35.1 Å². The summed E-state index contributed by atoms with van der Waals surface area (Å²) in [6, 6.07) is 16.1. The molecule has 0 atom stereocenters. The molecule has 0 radical (unpaired) electrons. The van der Waals surface area contributed by atoms with Crippen LogP contribution in [0.2, 0.25) is 0 Å². The normalized spacial score (nSPS) is 11.4. The number of aromatic hydroxyl groups is 1. The number of nitrogens with zero attached hydrogens (tertiary/aromatic N) is 1. The van der Waals surface area contributed by atoms with Gasteiger partial charge in [0.25, 0.3) is 0 Å². The van der Waals surface area contributed by atoms with Crippen LogP contribution in [-0.4, -0.2) is 16.3 Å². The molecule has 0 fully saturated rings. The first-order valence-electron chi connectivity index (χ1n) is 6.59. The number of para-hydroxylation sites is 1. The summed E-state index contributed by atoms with van der Waals surface area (Å²) < 4.78 is 0. The molecule has 3 aromatic rings. The van der Waals surface area contributed by atoms with E-state index in [1.165, 1.54) is 11.1 Å². The molecular formula is C17H16N2O. The highest BCUT2D eigenvalue weighted by Crippen LogP contribution is 2.25.